The van der Waals surface area contributed by atoms with Crippen LogP contribution in [0, 0.1) is 5.41 Å². The molecule has 2 rings (SSSR count). The summed E-state index contributed by atoms with van der Waals surface area (Å²) in [6.07, 6.45) is 3.44. The maximum absolute atomic E-state index is 11.8. The second kappa shape index (κ2) is 4.39. The Labute approximate surface area is 91.4 Å². The lowest BCUT2D eigenvalue weighted by Crippen LogP contribution is -2.62. The highest BCUT2D eigenvalue weighted by Gasteiger charge is 2.41. The van der Waals surface area contributed by atoms with Crippen LogP contribution in [-0.4, -0.2) is 43.7 Å². The van der Waals surface area contributed by atoms with Gasteiger partial charge in [0.05, 0.1) is 0 Å². The van der Waals surface area contributed by atoms with Crippen LogP contribution in [0.1, 0.15) is 26.2 Å². The number of piperidine rings is 1. The number of rotatable bonds is 2. The van der Waals surface area contributed by atoms with Gasteiger partial charge in [0.2, 0.25) is 0 Å². The van der Waals surface area contributed by atoms with Crippen molar-refractivity contribution in [1.29, 1.82) is 0 Å². The van der Waals surface area contributed by atoms with Crippen LogP contribution in [0.4, 0.5) is 4.79 Å². The molecule has 0 saturated carbocycles. The van der Waals surface area contributed by atoms with Crippen molar-refractivity contribution in [1.82, 2.24) is 15.5 Å². The summed E-state index contributed by atoms with van der Waals surface area (Å²) < 4.78 is 0. The number of carbonyl (C=O) groups is 1. The Morgan fingerprint density at radius 2 is 2.33 bits per heavy atom. The van der Waals surface area contributed by atoms with Gasteiger partial charge in [-0.15, -0.1) is 0 Å². The highest BCUT2D eigenvalue weighted by atomic mass is 16.2. The van der Waals surface area contributed by atoms with Gasteiger partial charge in [0.15, 0.2) is 0 Å². The fourth-order valence-corrected chi connectivity index (χ4v) is 2.49. The Bertz CT molecular complexity index is 238. The van der Waals surface area contributed by atoms with Crippen LogP contribution >= 0.6 is 0 Å². The smallest absolute Gasteiger partial charge is 0.317 e. The second-order valence-corrected chi connectivity index (χ2v) is 4.86. The summed E-state index contributed by atoms with van der Waals surface area (Å²) in [5, 5.41) is 6.27. The molecule has 0 unspecified atom stereocenters. The van der Waals surface area contributed by atoms with Crippen LogP contribution in [0.15, 0.2) is 0 Å². The molecule has 2 saturated heterocycles. The minimum absolute atomic E-state index is 0.128. The zero-order valence-electron chi connectivity index (χ0n) is 9.51. The number of urea groups is 1. The third-order valence-corrected chi connectivity index (χ3v) is 3.47. The van der Waals surface area contributed by atoms with E-state index in [0.29, 0.717) is 5.41 Å². The lowest BCUT2D eigenvalue weighted by atomic mass is 9.75. The molecule has 2 amide bonds. The van der Waals surface area contributed by atoms with E-state index >= 15 is 0 Å². The first kappa shape index (κ1) is 10.7. The number of likely N-dealkylation sites (tertiary alicyclic amines) is 1. The molecule has 4 heteroatoms. The standard InChI is InChI=1S/C11H21N3O/c1-2-5-13-10(15)14-6-3-4-11(9-14)7-12-8-11/h12H,2-9H2,1H3,(H,13,15). The first-order valence-corrected chi connectivity index (χ1v) is 5.99. The Morgan fingerprint density at radius 3 is 2.93 bits per heavy atom. The molecule has 1 spiro atoms. The van der Waals surface area contributed by atoms with E-state index in [2.05, 4.69) is 17.6 Å². The number of nitrogens with one attached hydrogen (secondary N) is 2. The van der Waals surface area contributed by atoms with E-state index in [-0.39, 0.29) is 6.03 Å². The normalized spacial score (nSPS) is 23.7. The summed E-state index contributed by atoms with van der Waals surface area (Å²) in [6, 6.07) is 0.128. The number of amides is 2. The van der Waals surface area contributed by atoms with E-state index < -0.39 is 0 Å². The summed E-state index contributed by atoms with van der Waals surface area (Å²) in [7, 11) is 0. The second-order valence-electron chi connectivity index (χ2n) is 4.86. The zero-order valence-corrected chi connectivity index (χ0v) is 9.51. The molecule has 2 heterocycles. The van der Waals surface area contributed by atoms with E-state index in [4.69, 9.17) is 0 Å². The fraction of sp³-hybridized carbons (Fsp3) is 0.909. The molecule has 0 aromatic rings. The third-order valence-electron chi connectivity index (χ3n) is 3.47. The lowest BCUT2D eigenvalue weighted by molar-refractivity contribution is 0.0586. The third kappa shape index (κ3) is 2.25. The Balaban J connectivity index is 1.84. The number of hydrogen-bond donors (Lipinski definition) is 2. The maximum Gasteiger partial charge on any atom is 0.317 e. The minimum Gasteiger partial charge on any atom is -0.338 e. The molecular formula is C11H21N3O. The van der Waals surface area contributed by atoms with Crippen LogP contribution in [0.2, 0.25) is 0 Å². The van der Waals surface area contributed by atoms with Gasteiger partial charge in [0.1, 0.15) is 0 Å². The molecular weight excluding hydrogens is 190 g/mol. The largest absolute Gasteiger partial charge is 0.338 e. The van der Waals surface area contributed by atoms with Crippen molar-refractivity contribution in [2.45, 2.75) is 26.2 Å². The van der Waals surface area contributed by atoms with Gasteiger partial charge in [-0.05, 0) is 19.3 Å². The van der Waals surface area contributed by atoms with Crippen molar-refractivity contribution in [2.24, 2.45) is 5.41 Å². The van der Waals surface area contributed by atoms with Gasteiger partial charge in [0.25, 0.3) is 0 Å². The van der Waals surface area contributed by atoms with Gasteiger partial charge in [0, 0.05) is 38.1 Å². The highest BCUT2D eigenvalue weighted by molar-refractivity contribution is 5.74. The summed E-state index contributed by atoms with van der Waals surface area (Å²) >= 11 is 0. The molecule has 15 heavy (non-hydrogen) atoms. The van der Waals surface area contributed by atoms with Gasteiger partial charge in [-0.2, -0.15) is 0 Å². The average Bonchev–Trinajstić information content (AvgIpc) is 2.24. The lowest BCUT2D eigenvalue weighted by Gasteiger charge is -2.49. The Kier molecular flexibility index (Phi) is 3.14. The van der Waals surface area contributed by atoms with Gasteiger partial charge < -0.3 is 15.5 Å². The van der Waals surface area contributed by atoms with Crippen LogP contribution in [0.5, 0.6) is 0 Å². The molecule has 0 aromatic heterocycles. The Hall–Kier alpha value is -0.770. The van der Waals surface area contributed by atoms with Crippen molar-refractivity contribution in [2.75, 3.05) is 32.7 Å². The van der Waals surface area contributed by atoms with Crippen molar-refractivity contribution in [3.63, 3.8) is 0 Å². The van der Waals surface area contributed by atoms with Crippen molar-refractivity contribution in [3.8, 4) is 0 Å². The molecule has 2 aliphatic heterocycles. The van der Waals surface area contributed by atoms with Crippen LogP contribution in [0.3, 0.4) is 0 Å². The zero-order chi connectivity index (χ0) is 10.7. The molecule has 0 aliphatic carbocycles. The number of carbonyl (C=O) groups excluding carboxylic acids is 1. The van der Waals surface area contributed by atoms with E-state index in [1.165, 1.54) is 6.42 Å². The highest BCUT2D eigenvalue weighted by Crippen LogP contribution is 2.33. The molecule has 0 atom stereocenters. The summed E-state index contributed by atoms with van der Waals surface area (Å²) in [5.74, 6) is 0. The predicted molar refractivity (Wildman–Crippen MR) is 59.8 cm³/mol. The molecule has 2 fully saturated rings. The monoisotopic (exact) mass is 211 g/mol. The van der Waals surface area contributed by atoms with Crippen molar-refractivity contribution < 1.29 is 4.79 Å². The SMILES string of the molecule is CCCNC(=O)N1CCCC2(CNC2)C1. The van der Waals surface area contributed by atoms with Crippen LogP contribution < -0.4 is 10.6 Å². The number of hydrogen-bond acceptors (Lipinski definition) is 2. The van der Waals surface area contributed by atoms with Gasteiger partial charge >= 0.3 is 6.03 Å². The molecule has 0 aromatic carbocycles. The van der Waals surface area contributed by atoms with E-state index in [0.717, 1.165) is 45.6 Å². The molecule has 86 valence electrons. The number of nitrogens with zero attached hydrogens (tertiary/aromatic N) is 1. The first-order chi connectivity index (χ1) is 7.26. The molecule has 2 aliphatic rings. The molecule has 0 bridgehead atoms. The summed E-state index contributed by atoms with van der Waals surface area (Å²) in [5.41, 5.74) is 0.405. The van der Waals surface area contributed by atoms with Crippen molar-refractivity contribution in [3.05, 3.63) is 0 Å². The first-order valence-electron chi connectivity index (χ1n) is 5.99. The van der Waals surface area contributed by atoms with Crippen LogP contribution in [-0.2, 0) is 0 Å². The summed E-state index contributed by atoms with van der Waals surface area (Å²) in [6.45, 7) is 6.91. The Morgan fingerprint density at radius 1 is 1.53 bits per heavy atom. The topological polar surface area (TPSA) is 44.4 Å². The van der Waals surface area contributed by atoms with E-state index in [1.807, 2.05) is 4.90 Å². The van der Waals surface area contributed by atoms with Gasteiger partial charge in [-0.1, -0.05) is 6.92 Å². The van der Waals surface area contributed by atoms with Crippen LogP contribution in [0.25, 0.3) is 0 Å². The minimum atomic E-state index is 0.128. The van der Waals surface area contributed by atoms with Crippen molar-refractivity contribution >= 4 is 6.03 Å². The fourth-order valence-electron chi connectivity index (χ4n) is 2.49. The molecule has 2 N–H and O–H groups in total. The molecule has 0 radical (unpaired) electrons. The maximum atomic E-state index is 11.8. The predicted octanol–water partition coefficient (Wildman–Crippen LogP) is 0.791. The molecule has 4 nitrogen and oxygen atoms in total. The van der Waals surface area contributed by atoms with E-state index in [1.54, 1.807) is 0 Å². The van der Waals surface area contributed by atoms with Gasteiger partial charge in [-0.25, -0.2) is 4.79 Å². The average molecular weight is 211 g/mol. The summed E-state index contributed by atoms with van der Waals surface area (Å²) in [4.78, 5) is 13.8. The van der Waals surface area contributed by atoms with E-state index in [9.17, 15) is 4.79 Å². The van der Waals surface area contributed by atoms with Gasteiger partial charge in [-0.3, -0.25) is 0 Å². The quantitative estimate of drug-likeness (QED) is 0.709.